The molecule has 1 aliphatic rings. The van der Waals surface area contributed by atoms with E-state index in [1.165, 1.54) is 6.42 Å². The van der Waals surface area contributed by atoms with Crippen molar-refractivity contribution >= 4 is 11.7 Å². The van der Waals surface area contributed by atoms with Crippen molar-refractivity contribution in [3.05, 3.63) is 11.8 Å². The van der Waals surface area contributed by atoms with Crippen LogP contribution in [0.2, 0.25) is 0 Å². The Morgan fingerprint density at radius 3 is 2.83 bits per heavy atom. The number of likely N-dealkylation sites (tertiary alicyclic amines) is 1. The Hall–Kier alpha value is -1.52. The van der Waals surface area contributed by atoms with Crippen LogP contribution in [0.4, 0.5) is 5.82 Å². The van der Waals surface area contributed by atoms with Gasteiger partial charge in [-0.25, -0.2) is 4.68 Å². The predicted octanol–water partition coefficient (Wildman–Crippen LogP) is 1.92. The third-order valence-corrected chi connectivity index (χ3v) is 3.50. The molecule has 2 heterocycles. The monoisotopic (exact) mass is 250 g/mol. The van der Waals surface area contributed by atoms with Gasteiger partial charge in [-0.2, -0.15) is 5.10 Å². The zero-order chi connectivity index (χ0) is 13.3. The highest BCUT2D eigenvalue weighted by Crippen LogP contribution is 2.22. The average molecular weight is 250 g/mol. The Morgan fingerprint density at radius 2 is 2.28 bits per heavy atom. The molecule has 5 heteroatoms. The summed E-state index contributed by atoms with van der Waals surface area (Å²) in [6.07, 6.45) is 3.87. The van der Waals surface area contributed by atoms with Gasteiger partial charge >= 0.3 is 0 Å². The number of aromatic nitrogens is 2. The summed E-state index contributed by atoms with van der Waals surface area (Å²) in [4.78, 5) is 14.3. The first-order valence-corrected chi connectivity index (χ1v) is 6.63. The van der Waals surface area contributed by atoms with E-state index in [2.05, 4.69) is 12.0 Å². The van der Waals surface area contributed by atoms with Gasteiger partial charge in [0.05, 0.1) is 6.20 Å². The quantitative estimate of drug-likeness (QED) is 0.872. The molecule has 1 saturated heterocycles. The van der Waals surface area contributed by atoms with Crippen LogP contribution >= 0.6 is 0 Å². The second-order valence-electron chi connectivity index (χ2n) is 5.48. The number of hydrogen-bond acceptors (Lipinski definition) is 3. The minimum absolute atomic E-state index is 0.0194. The van der Waals surface area contributed by atoms with Crippen molar-refractivity contribution < 1.29 is 4.79 Å². The third-order valence-electron chi connectivity index (χ3n) is 3.50. The van der Waals surface area contributed by atoms with Crippen LogP contribution in [0, 0.1) is 5.92 Å². The van der Waals surface area contributed by atoms with Gasteiger partial charge in [-0.3, -0.25) is 4.79 Å². The van der Waals surface area contributed by atoms with Crippen LogP contribution in [0.15, 0.2) is 6.20 Å². The van der Waals surface area contributed by atoms with Crippen molar-refractivity contribution in [2.75, 3.05) is 18.8 Å². The zero-order valence-electron chi connectivity index (χ0n) is 11.4. The van der Waals surface area contributed by atoms with Crippen LogP contribution in [0.1, 0.15) is 50.0 Å². The van der Waals surface area contributed by atoms with Gasteiger partial charge in [-0.1, -0.05) is 6.92 Å². The Kier molecular flexibility index (Phi) is 3.59. The largest absolute Gasteiger partial charge is 0.383 e. The fraction of sp³-hybridized carbons (Fsp3) is 0.692. The van der Waals surface area contributed by atoms with Crippen LogP contribution in [0.3, 0.4) is 0 Å². The van der Waals surface area contributed by atoms with E-state index >= 15 is 0 Å². The van der Waals surface area contributed by atoms with Crippen LogP contribution < -0.4 is 5.73 Å². The maximum absolute atomic E-state index is 12.4. The molecule has 1 aromatic heterocycles. The fourth-order valence-electron chi connectivity index (χ4n) is 2.49. The number of carbonyl (C=O) groups is 1. The number of rotatable bonds is 2. The number of carbonyl (C=O) groups excluding carboxylic acids is 1. The summed E-state index contributed by atoms with van der Waals surface area (Å²) in [6, 6.07) is 0.173. The van der Waals surface area contributed by atoms with Gasteiger partial charge in [0.25, 0.3) is 5.91 Å². The zero-order valence-corrected chi connectivity index (χ0v) is 11.4. The molecule has 2 rings (SSSR count). The Morgan fingerprint density at radius 1 is 1.56 bits per heavy atom. The van der Waals surface area contributed by atoms with Gasteiger partial charge in [0.15, 0.2) is 0 Å². The first kappa shape index (κ1) is 12.9. The molecular formula is C13H22N4O. The average Bonchev–Trinajstić information content (AvgIpc) is 2.70. The summed E-state index contributed by atoms with van der Waals surface area (Å²) in [5.41, 5.74) is 6.54. The van der Waals surface area contributed by atoms with Gasteiger partial charge in [-0.15, -0.1) is 0 Å². The van der Waals surface area contributed by atoms with E-state index in [1.807, 2.05) is 18.7 Å². The number of nitrogens with two attached hydrogens (primary N) is 1. The molecule has 0 aromatic carbocycles. The van der Waals surface area contributed by atoms with E-state index in [4.69, 9.17) is 5.73 Å². The third kappa shape index (κ3) is 2.35. The van der Waals surface area contributed by atoms with Crippen molar-refractivity contribution in [3.8, 4) is 0 Å². The maximum atomic E-state index is 12.4. The first-order chi connectivity index (χ1) is 8.50. The Balaban J connectivity index is 2.18. The van der Waals surface area contributed by atoms with E-state index < -0.39 is 0 Å². The molecule has 1 amide bonds. The van der Waals surface area contributed by atoms with Gasteiger partial charge in [0, 0.05) is 19.1 Å². The molecule has 0 bridgehead atoms. The fourth-order valence-corrected chi connectivity index (χ4v) is 2.49. The summed E-state index contributed by atoms with van der Waals surface area (Å²) in [5.74, 6) is 1.07. The van der Waals surface area contributed by atoms with Crippen LogP contribution in [0.5, 0.6) is 0 Å². The van der Waals surface area contributed by atoms with Crippen LogP contribution in [-0.4, -0.2) is 33.7 Å². The van der Waals surface area contributed by atoms with E-state index in [0.29, 0.717) is 17.3 Å². The topological polar surface area (TPSA) is 64.2 Å². The number of amides is 1. The summed E-state index contributed by atoms with van der Waals surface area (Å²) >= 11 is 0. The van der Waals surface area contributed by atoms with Crippen molar-refractivity contribution in [3.63, 3.8) is 0 Å². The molecule has 100 valence electrons. The minimum atomic E-state index is 0.0194. The molecule has 0 radical (unpaired) electrons. The van der Waals surface area contributed by atoms with Gasteiger partial charge in [-0.05, 0) is 32.6 Å². The minimum Gasteiger partial charge on any atom is -0.383 e. The predicted molar refractivity (Wildman–Crippen MR) is 71.3 cm³/mol. The van der Waals surface area contributed by atoms with Gasteiger partial charge in [0.1, 0.15) is 11.4 Å². The number of nitrogens with zero attached hydrogens (tertiary/aromatic N) is 3. The van der Waals surface area contributed by atoms with Crippen molar-refractivity contribution in [2.24, 2.45) is 5.92 Å². The summed E-state index contributed by atoms with van der Waals surface area (Å²) in [5, 5.41) is 4.19. The Labute approximate surface area is 108 Å². The summed E-state index contributed by atoms with van der Waals surface area (Å²) < 4.78 is 1.70. The highest BCUT2D eigenvalue weighted by molar-refractivity contribution is 5.98. The lowest BCUT2D eigenvalue weighted by Gasteiger charge is -2.30. The number of anilines is 1. The lowest BCUT2D eigenvalue weighted by molar-refractivity contribution is 0.0684. The standard InChI is InChI=1S/C13H22N4O/c1-9(2)17-12(14)11(7-15-17)13(18)16-6-4-5-10(3)8-16/h7,9-10H,4-6,8,14H2,1-3H3. The van der Waals surface area contributed by atoms with Gasteiger partial charge < -0.3 is 10.6 Å². The van der Waals surface area contributed by atoms with E-state index in [0.717, 1.165) is 19.5 Å². The second-order valence-corrected chi connectivity index (χ2v) is 5.48. The van der Waals surface area contributed by atoms with E-state index in [-0.39, 0.29) is 11.9 Å². The highest BCUT2D eigenvalue weighted by Gasteiger charge is 2.25. The summed E-state index contributed by atoms with van der Waals surface area (Å²) in [7, 11) is 0. The lowest BCUT2D eigenvalue weighted by atomic mass is 10.00. The molecule has 0 spiro atoms. The normalized spacial score (nSPS) is 20.4. The van der Waals surface area contributed by atoms with Crippen molar-refractivity contribution in [1.29, 1.82) is 0 Å². The molecule has 5 nitrogen and oxygen atoms in total. The SMILES string of the molecule is CC1CCCN(C(=O)c2cnn(C(C)C)c2N)C1. The smallest absolute Gasteiger partial charge is 0.259 e. The number of piperidine rings is 1. The molecule has 1 unspecified atom stereocenters. The second kappa shape index (κ2) is 5.00. The molecule has 1 aliphatic heterocycles. The van der Waals surface area contributed by atoms with Crippen molar-refractivity contribution in [1.82, 2.24) is 14.7 Å². The van der Waals surface area contributed by atoms with Crippen LogP contribution in [0.25, 0.3) is 0 Å². The first-order valence-electron chi connectivity index (χ1n) is 6.63. The molecular weight excluding hydrogens is 228 g/mol. The highest BCUT2D eigenvalue weighted by atomic mass is 16.2. The molecule has 0 saturated carbocycles. The number of nitrogen functional groups attached to an aromatic ring is 1. The van der Waals surface area contributed by atoms with Crippen molar-refractivity contribution in [2.45, 2.75) is 39.7 Å². The van der Waals surface area contributed by atoms with Gasteiger partial charge in [0.2, 0.25) is 0 Å². The number of hydrogen-bond donors (Lipinski definition) is 1. The van der Waals surface area contributed by atoms with E-state index in [1.54, 1.807) is 10.9 Å². The molecule has 1 atom stereocenters. The van der Waals surface area contributed by atoms with Crippen LogP contribution in [-0.2, 0) is 0 Å². The lowest BCUT2D eigenvalue weighted by Crippen LogP contribution is -2.39. The maximum Gasteiger partial charge on any atom is 0.259 e. The molecule has 1 fully saturated rings. The molecule has 2 N–H and O–H groups in total. The molecule has 18 heavy (non-hydrogen) atoms. The Bertz CT molecular complexity index is 438. The molecule has 0 aliphatic carbocycles. The van der Waals surface area contributed by atoms with E-state index in [9.17, 15) is 4.79 Å². The molecule has 1 aromatic rings. The summed E-state index contributed by atoms with van der Waals surface area (Å²) in [6.45, 7) is 7.84.